The van der Waals surface area contributed by atoms with Crippen LogP contribution in [0, 0.1) is 5.41 Å². The molecular weight excluding hydrogens is 561 g/mol. The molecular formula is C36H43F3N4O. The largest absolute Gasteiger partial charge is 0.416 e. The third-order valence-electron chi connectivity index (χ3n) is 10.3. The summed E-state index contributed by atoms with van der Waals surface area (Å²) < 4.78 is 39.3. The molecule has 5 nitrogen and oxygen atoms in total. The molecule has 0 radical (unpaired) electrons. The van der Waals surface area contributed by atoms with Crippen molar-refractivity contribution in [1.82, 2.24) is 9.80 Å². The van der Waals surface area contributed by atoms with Gasteiger partial charge in [-0.05, 0) is 90.1 Å². The van der Waals surface area contributed by atoms with Crippen molar-refractivity contribution in [2.75, 3.05) is 37.6 Å². The smallest absolute Gasteiger partial charge is 0.371 e. The molecule has 1 amide bonds. The van der Waals surface area contributed by atoms with Crippen LogP contribution >= 0.6 is 0 Å². The minimum Gasteiger partial charge on any atom is -0.371 e. The first kappa shape index (κ1) is 30.7. The van der Waals surface area contributed by atoms with Crippen molar-refractivity contribution in [3.05, 3.63) is 101 Å². The zero-order valence-corrected chi connectivity index (χ0v) is 25.7. The zero-order chi connectivity index (χ0) is 31.1. The number of benzene rings is 3. The minimum absolute atomic E-state index is 0.253. The molecule has 3 fully saturated rings. The van der Waals surface area contributed by atoms with Crippen molar-refractivity contribution < 1.29 is 18.0 Å². The molecule has 3 aromatic carbocycles. The van der Waals surface area contributed by atoms with Crippen LogP contribution in [0.15, 0.2) is 72.8 Å². The van der Waals surface area contributed by atoms with E-state index in [0.29, 0.717) is 29.5 Å². The number of halogens is 3. The Hall–Kier alpha value is -3.36. The molecule has 0 aromatic heterocycles. The second-order valence-corrected chi connectivity index (χ2v) is 13.4. The lowest BCUT2D eigenvalue weighted by Gasteiger charge is -2.58. The van der Waals surface area contributed by atoms with Crippen LogP contribution < -0.4 is 10.6 Å². The summed E-state index contributed by atoms with van der Waals surface area (Å²) in [4.78, 5) is 19.0. The van der Waals surface area contributed by atoms with Crippen molar-refractivity contribution in [3.63, 3.8) is 0 Å². The molecule has 6 rings (SSSR count). The quantitative estimate of drug-likeness (QED) is 0.309. The first-order valence-electron chi connectivity index (χ1n) is 15.9. The van der Waals surface area contributed by atoms with Gasteiger partial charge in [0.1, 0.15) is 0 Å². The van der Waals surface area contributed by atoms with Gasteiger partial charge in [0, 0.05) is 62.6 Å². The van der Waals surface area contributed by atoms with Crippen molar-refractivity contribution in [3.8, 4) is 0 Å². The van der Waals surface area contributed by atoms with E-state index in [2.05, 4.69) is 52.8 Å². The summed E-state index contributed by atoms with van der Waals surface area (Å²) in [7, 11) is 0. The lowest BCUT2D eigenvalue weighted by atomic mass is 9.59. The van der Waals surface area contributed by atoms with Crippen molar-refractivity contribution in [1.29, 1.82) is 0 Å². The average molecular weight is 605 g/mol. The van der Waals surface area contributed by atoms with Gasteiger partial charge in [-0.1, -0.05) is 50.2 Å². The molecule has 234 valence electrons. The molecule has 1 spiro atoms. The van der Waals surface area contributed by atoms with Crippen molar-refractivity contribution in [2.24, 2.45) is 11.1 Å². The first-order valence-corrected chi connectivity index (χ1v) is 15.9. The van der Waals surface area contributed by atoms with Gasteiger partial charge in [0.2, 0.25) is 5.91 Å². The van der Waals surface area contributed by atoms with E-state index in [1.807, 2.05) is 24.3 Å². The van der Waals surface area contributed by atoms with E-state index in [1.165, 1.54) is 48.9 Å². The van der Waals surface area contributed by atoms with Crippen LogP contribution in [0.4, 0.5) is 18.9 Å². The number of piperazine rings is 1. The minimum atomic E-state index is -4.32. The monoisotopic (exact) mass is 604 g/mol. The number of piperidine rings is 1. The standard InChI is InChI=1S/C36H43F3N4O/c1-25(2)31-5-3-4-6-32(31)33-24-41(23-26-7-11-28(12-8-26)36(37,38)39)19-20-43(33)30-21-35(22-30)15-17-42(18-16-35)29-13-9-27(10-14-29)34(40)44/h3-14,25,30,33H,15-24H2,1-2H3,(H2,40,44)/t33-/m0/s1. The summed E-state index contributed by atoms with van der Waals surface area (Å²) in [5.41, 5.74) is 10.6. The zero-order valence-electron chi connectivity index (χ0n) is 25.7. The Balaban J connectivity index is 1.13. The number of nitrogens with zero attached hydrogens (tertiary/aromatic N) is 3. The highest BCUT2D eigenvalue weighted by Crippen LogP contribution is 2.53. The number of primary amides is 1. The fourth-order valence-electron chi connectivity index (χ4n) is 7.77. The predicted octanol–water partition coefficient (Wildman–Crippen LogP) is 7.24. The number of anilines is 1. The maximum Gasteiger partial charge on any atom is 0.416 e. The highest BCUT2D eigenvalue weighted by atomic mass is 19.4. The first-order chi connectivity index (χ1) is 21.0. The van der Waals surface area contributed by atoms with E-state index in [9.17, 15) is 18.0 Å². The molecule has 0 unspecified atom stereocenters. The van der Waals surface area contributed by atoms with Gasteiger partial charge in [0.25, 0.3) is 0 Å². The molecule has 2 heterocycles. The SMILES string of the molecule is CC(C)c1ccccc1[C@@H]1CN(Cc2ccc(C(F)(F)F)cc2)CCN1C1CC2(CCN(c3ccc(C(N)=O)cc3)CC2)C1. The van der Waals surface area contributed by atoms with Crippen LogP contribution in [0.2, 0.25) is 0 Å². The summed E-state index contributed by atoms with van der Waals surface area (Å²) in [6.07, 6.45) is 0.441. The number of carbonyl (C=O) groups is 1. The maximum atomic E-state index is 13.1. The van der Waals surface area contributed by atoms with Gasteiger partial charge in [-0.3, -0.25) is 14.6 Å². The number of alkyl halides is 3. The van der Waals surface area contributed by atoms with Gasteiger partial charge in [-0.2, -0.15) is 13.2 Å². The molecule has 3 aromatic rings. The second kappa shape index (κ2) is 12.2. The number of hydrogen-bond acceptors (Lipinski definition) is 4. The van der Waals surface area contributed by atoms with E-state index >= 15 is 0 Å². The third-order valence-corrected chi connectivity index (χ3v) is 10.3. The van der Waals surface area contributed by atoms with E-state index in [4.69, 9.17) is 5.73 Å². The Labute approximate surface area is 258 Å². The van der Waals surface area contributed by atoms with Crippen LogP contribution in [0.25, 0.3) is 0 Å². The second-order valence-electron chi connectivity index (χ2n) is 13.4. The number of carbonyl (C=O) groups excluding carboxylic acids is 1. The highest BCUT2D eigenvalue weighted by molar-refractivity contribution is 5.93. The lowest BCUT2D eigenvalue weighted by Crippen LogP contribution is -2.60. The molecule has 2 N–H and O–H groups in total. The van der Waals surface area contributed by atoms with E-state index in [1.54, 1.807) is 12.1 Å². The normalized spacial score (nSPS) is 21.5. The Kier molecular flexibility index (Phi) is 8.50. The maximum absolute atomic E-state index is 13.1. The van der Waals surface area contributed by atoms with Gasteiger partial charge >= 0.3 is 6.18 Å². The fourth-order valence-corrected chi connectivity index (χ4v) is 7.77. The third kappa shape index (κ3) is 6.38. The predicted molar refractivity (Wildman–Crippen MR) is 169 cm³/mol. The Morgan fingerprint density at radius 2 is 1.57 bits per heavy atom. The van der Waals surface area contributed by atoms with Crippen LogP contribution in [0.1, 0.15) is 84.1 Å². The Morgan fingerprint density at radius 3 is 2.18 bits per heavy atom. The summed E-state index contributed by atoms with van der Waals surface area (Å²) in [6.45, 7) is 9.91. The van der Waals surface area contributed by atoms with E-state index in [0.717, 1.165) is 44.0 Å². The Bertz CT molecular complexity index is 1440. The van der Waals surface area contributed by atoms with Gasteiger partial charge < -0.3 is 10.6 Å². The molecule has 1 saturated carbocycles. The number of nitrogens with two attached hydrogens (primary N) is 1. The van der Waals surface area contributed by atoms with E-state index in [-0.39, 0.29) is 6.04 Å². The fraction of sp³-hybridized carbons (Fsp3) is 0.472. The molecule has 1 aliphatic carbocycles. The number of hydrogen-bond donors (Lipinski definition) is 1. The molecule has 44 heavy (non-hydrogen) atoms. The molecule has 2 aliphatic heterocycles. The molecule has 0 bridgehead atoms. The number of amides is 1. The van der Waals surface area contributed by atoms with Crippen LogP contribution in [0.3, 0.4) is 0 Å². The van der Waals surface area contributed by atoms with Crippen molar-refractivity contribution in [2.45, 2.75) is 70.3 Å². The summed E-state index contributed by atoms with van der Waals surface area (Å²) in [5.74, 6) is 0.0110. The number of rotatable bonds is 7. The van der Waals surface area contributed by atoms with Gasteiger partial charge in [-0.15, -0.1) is 0 Å². The molecule has 2 saturated heterocycles. The van der Waals surface area contributed by atoms with Crippen LogP contribution in [-0.4, -0.2) is 54.5 Å². The van der Waals surface area contributed by atoms with Crippen LogP contribution in [-0.2, 0) is 12.7 Å². The molecule has 8 heteroatoms. The van der Waals surface area contributed by atoms with Crippen LogP contribution in [0.5, 0.6) is 0 Å². The average Bonchev–Trinajstić information content (AvgIpc) is 3.00. The molecule has 1 atom stereocenters. The summed E-state index contributed by atoms with van der Waals surface area (Å²) in [5, 5.41) is 0. The summed E-state index contributed by atoms with van der Waals surface area (Å²) >= 11 is 0. The van der Waals surface area contributed by atoms with Gasteiger partial charge in [-0.25, -0.2) is 0 Å². The van der Waals surface area contributed by atoms with Gasteiger partial charge in [0.05, 0.1) is 5.56 Å². The van der Waals surface area contributed by atoms with E-state index < -0.39 is 17.6 Å². The highest BCUT2D eigenvalue weighted by Gasteiger charge is 2.50. The summed E-state index contributed by atoms with van der Waals surface area (Å²) in [6, 6.07) is 22.9. The van der Waals surface area contributed by atoms with Gasteiger partial charge in [0.15, 0.2) is 0 Å². The Morgan fingerprint density at radius 1 is 0.909 bits per heavy atom. The lowest BCUT2D eigenvalue weighted by molar-refractivity contribution is -0.137. The molecule has 3 aliphatic rings. The topological polar surface area (TPSA) is 52.8 Å². The van der Waals surface area contributed by atoms with Crippen molar-refractivity contribution >= 4 is 11.6 Å².